The zero-order valence-electron chi connectivity index (χ0n) is 12.5. The molecule has 1 aromatic rings. The summed E-state index contributed by atoms with van der Waals surface area (Å²) in [7, 11) is 4.29. The monoisotopic (exact) mass is 292 g/mol. The molecule has 1 unspecified atom stereocenters. The number of amidine groups is 1. The Hall–Kier alpha value is -1.20. The van der Waals surface area contributed by atoms with Crippen LogP contribution in [0, 0.1) is 5.41 Å². The molecule has 1 atom stereocenters. The third-order valence-electron chi connectivity index (χ3n) is 4.06. The van der Waals surface area contributed by atoms with Crippen molar-refractivity contribution in [2.45, 2.75) is 23.8 Å². The number of nitrogens with zero attached hydrogens (tertiary/aromatic N) is 2. The fraction of sp³-hybridized carbons (Fsp3) is 0.533. The smallest absolute Gasteiger partial charge is 0.126 e. The Morgan fingerprint density at radius 2 is 2.30 bits per heavy atom. The van der Waals surface area contributed by atoms with Gasteiger partial charge in [0.15, 0.2) is 0 Å². The van der Waals surface area contributed by atoms with Crippen molar-refractivity contribution in [1.82, 2.24) is 4.90 Å². The van der Waals surface area contributed by atoms with Crippen molar-refractivity contribution in [3.05, 3.63) is 23.8 Å². The van der Waals surface area contributed by atoms with E-state index in [4.69, 9.17) is 11.1 Å². The van der Waals surface area contributed by atoms with Gasteiger partial charge in [0.2, 0.25) is 0 Å². The highest BCUT2D eigenvalue weighted by Gasteiger charge is 2.23. The van der Waals surface area contributed by atoms with E-state index in [1.165, 1.54) is 19.4 Å². The summed E-state index contributed by atoms with van der Waals surface area (Å²) in [5, 5.41) is 7.87. The fourth-order valence-electron chi connectivity index (χ4n) is 2.90. The summed E-state index contributed by atoms with van der Waals surface area (Å²) in [6.07, 6.45) is 4.55. The highest BCUT2D eigenvalue weighted by atomic mass is 32.2. The number of nitrogens with one attached hydrogen (secondary N) is 1. The zero-order valence-corrected chi connectivity index (χ0v) is 13.3. The van der Waals surface area contributed by atoms with E-state index in [2.05, 4.69) is 30.0 Å². The van der Waals surface area contributed by atoms with Gasteiger partial charge in [-0.05, 0) is 44.8 Å². The van der Waals surface area contributed by atoms with Crippen LogP contribution in [0.4, 0.5) is 5.69 Å². The van der Waals surface area contributed by atoms with Crippen LogP contribution in [0.2, 0.25) is 0 Å². The second kappa shape index (κ2) is 6.50. The van der Waals surface area contributed by atoms with Gasteiger partial charge in [-0.1, -0.05) is 6.07 Å². The van der Waals surface area contributed by atoms with Crippen LogP contribution >= 0.6 is 11.8 Å². The van der Waals surface area contributed by atoms with Crippen LogP contribution in [0.3, 0.4) is 0 Å². The van der Waals surface area contributed by atoms with Gasteiger partial charge < -0.3 is 15.5 Å². The molecule has 1 saturated heterocycles. The highest BCUT2D eigenvalue weighted by Crippen LogP contribution is 2.29. The van der Waals surface area contributed by atoms with Gasteiger partial charge in [0.1, 0.15) is 5.84 Å². The predicted octanol–water partition coefficient (Wildman–Crippen LogP) is 2.22. The second-order valence-corrected chi connectivity index (χ2v) is 6.27. The normalized spacial score (nSPS) is 19.2. The number of likely N-dealkylation sites (tertiary alicyclic amines) is 1. The Bertz CT molecular complexity index is 489. The van der Waals surface area contributed by atoms with Crippen molar-refractivity contribution < 1.29 is 0 Å². The van der Waals surface area contributed by atoms with Gasteiger partial charge >= 0.3 is 0 Å². The maximum absolute atomic E-state index is 7.87. The van der Waals surface area contributed by atoms with E-state index in [0.29, 0.717) is 6.04 Å². The van der Waals surface area contributed by atoms with Gasteiger partial charge in [0.05, 0.1) is 5.56 Å². The van der Waals surface area contributed by atoms with Crippen LogP contribution in [0.15, 0.2) is 23.1 Å². The Morgan fingerprint density at radius 3 is 2.85 bits per heavy atom. The number of benzene rings is 1. The van der Waals surface area contributed by atoms with Gasteiger partial charge in [0.25, 0.3) is 0 Å². The Morgan fingerprint density at radius 1 is 1.55 bits per heavy atom. The average Bonchev–Trinajstić information content (AvgIpc) is 2.83. The lowest BCUT2D eigenvalue weighted by Crippen LogP contribution is -2.37. The highest BCUT2D eigenvalue weighted by molar-refractivity contribution is 7.98. The molecule has 110 valence electrons. The lowest BCUT2D eigenvalue weighted by molar-refractivity contribution is 0.314. The molecule has 1 aliphatic rings. The number of thioether (sulfide) groups is 1. The Labute approximate surface area is 125 Å². The summed E-state index contributed by atoms with van der Waals surface area (Å²) in [5.74, 6) is 0.150. The summed E-state index contributed by atoms with van der Waals surface area (Å²) >= 11 is 1.64. The molecule has 2 rings (SSSR count). The summed E-state index contributed by atoms with van der Waals surface area (Å²) in [6.45, 7) is 2.16. The molecule has 1 fully saturated rings. The molecule has 0 amide bonds. The minimum Gasteiger partial charge on any atom is -0.384 e. The first-order chi connectivity index (χ1) is 9.54. The molecule has 0 radical (unpaired) electrons. The van der Waals surface area contributed by atoms with E-state index in [9.17, 15) is 0 Å². The van der Waals surface area contributed by atoms with Crippen molar-refractivity contribution in [3.8, 4) is 0 Å². The van der Waals surface area contributed by atoms with Crippen molar-refractivity contribution in [2.24, 2.45) is 5.73 Å². The Balaban J connectivity index is 2.24. The van der Waals surface area contributed by atoms with Gasteiger partial charge in [-0.3, -0.25) is 5.41 Å². The SMILES string of the molecule is CSc1cccc(N(C)CC2CCCN2C)c1C(=N)N. The molecule has 20 heavy (non-hydrogen) atoms. The van der Waals surface area contributed by atoms with Gasteiger partial charge in [0, 0.05) is 30.2 Å². The number of nitrogens with two attached hydrogens (primary N) is 1. The molecule has 0 aromatic heterocycles. The number of anilines is 1. The average molecular weight is 292 g/mol. The van der Waals surface area contributed by atoms with Crippen molar-refractivity contribution in [3.63, 3.8) is 0 Å². The zero-order chi connectivity index (χ0) is 14.7. The summed E-state index contributed by atoms with van der Waals surface area (Å²) in [5.41, 5.74) is 7.72. The standard InChI is InChI=1S/C15H24N4S/c1-18-9-5-6-11(18)10-19(2)12-7-4-8-13(20-3)14(12)15(16)17/h4,7-8,11H,5-6,9-10H2,1-3H3,(H3,16,17). The molecule has 3 N–H and O–H groups in total. The van der Waals surface area contributed by atoms with Gasteiger partial charge in [-0.2, -0.15) is 0 Å². The molecule has 4 nitrogen and oxygen atoms in total. The summed E-state index contributed by atoms with van der Waals surface area (Å²) in [4.78, 5) is 5.73. The quantitative estimate of drug-likeness (QED) is 0.496. The molecular formula is C15H24N4S. The Kier molecular flexibility index (Phi) is 4.94. The third kappa shape index (κ3) is 3.10. The largest absolute Gasteiger partial charge is 0.384 e. The molecule has 1 aliphatic heterocycles. The third-order valence-corrected chi connectivity index (χ3v) is 4.84. The molecule has 1 heterocycles. The number of hydrogen-bond acceptors (Lipinski definition) is 4. The minimum atomic E-state index is 0.150. The van der Waals surface area contributed by atoms with Crippen LogP contribution in [0.25, 0.3) is 0 Å². The molecule has 5 heteroatoms. The lowest BCUT2D eigenvalue weighted by atomic mass is 10.1. The van der Waals surface area contributed by atoms with E-state index >= 15 is 0 Å². The van der Waals surface area contributed by atoms with E-state index in [0.717, 1.165) is 22.7 Å². The topological polar surface area (TPSA) is 56.4 Å². The van der Waals surface area contributed by atoms with Crippen LogP contribution in [0.1, 0.15) is 18.4 Å². The summed E-state index contributed by atoms with van der Waals surface area (Å²) < 4.78 is 0. The van der Waals surface area contributed by atoms with E-state index in [1.807, 2.05) is 18.4 Å². The van der Waals surface area contributed by atoms with Crippen LogP contribution < -0.4 is 10.6 Å². The van der Waals surface area contributed by atoms with Gasteiger partial charge in [-0.15, -0.1) is 11.8 Å². The first-order valence-corrected chi connectivity index (χ1v) is 8.19. The number of hydrogen-bond donors (Lipinski definition) is 2. The maximum atomic E-state index is 7.87. The van der Waals surface area contributed by atoms with Crippen LogP contribution in [-0.4, -0.2) is 50.2 Å². The van der Waals surface area contributed by atoms with Crippen molar-refractivity contribution in [2.75, 3.05) is 38.3 Å². The molecule has 0 bridgehead atoms. The lowest BCUT2D eigenvalue weighted by Gasteiger charge is -2.29. The van der Waals surface area contributed by atoms with E-state index in [1.54, 1.807) is 11.8 Å². The van der Waals surface area contributed by atoms with Crippen molar-refractivity contribution >= 4 is 23.3 Å². The number of nitrogen functional groups attached to an aromatic ring is 1. The first kappa shape index (κ1) is 15.2. The number of likely N-dealkylation sites (N-methyl/N-ethyl adjacent to an activating group) is 2. The summed E-state index contributed by atoms with van der Waals surface area (Å²) in [6, 6.07) is 6.73. The van der Waals surface area contributed by atoms with Crippen LogP contribution in [0.5, 0.6) is 0 Å². The number of rotatable bonds is 5. The predicted molar refractivity (Wildman–Crippen MR) is 88.2 cm³/mol. The maximum Gasteiger partial charge on any atom is 0.126 e. The fourth-order valence-corrected chi connectivity index (χ4v) is 3.54. The van der Waals surface area contributed by atoms with E-state index in [-0.39, 0.29) is 5.84 Å². The minimum absolute atomic E-state index is 0.150. The second-order valence-electron chi connectivity index (χ2n) is 5.43. The molecule has 1 aromatic carbocycles. The molecule has 0 aliphatic carbocycles. The van der Waals surface area contributed by atoms with Crippen LogP contribution in [-0.2, 0) is 0 Å². The molecular weight excluding hydrogens is 268 g/mol. The van der Waals surface area contributed by atoms with E-state index < -0.39 is 0 Å². The molecule has 0 saturated carbocycles. The first-order valence-electron chi connectivity index (χ1n) is 6.97. The molecule has 0 spiro atoms. The van der Waals surface area contributed by atoms with Gasteiger partial charge in [-0.25, -0.2) is 0 Å². The van der Waals surface area contributed by atoms with Crippen molar-refractivity contribution in [1.29, 1.82) is 5.41 Å².